The molecule has 0 spiro atoms. The van der Waals surface area contributed by atoms with Crippen LogP contribution in [0.1, 0.15) is 28.7 Å². The first-order valence-electron chi connectivity index (χ1n) is 10.4. The first kappa shape index (κ1) is 19.1. The summed E-state index contributed by atoms with van der Waals surface area (Å²) in [7, 11) is 0. The number of hydrogen-bond acceptors (Lipinski definition) is 1. The van der Waals surface area contributed by atoms with Gasteiger partial charge in [-0.2, -0.15) is 0 Å². The third-order valence-electron chi connectivity index (χ3n) is 5.31. The van der Waals surface area contributed by atoms with Crippen LogP contribution in [0.4, 0.5) is 0 Å². The van der Waals surface area contributed by atoms with Gasteiger partial charge in [-0.1, -0.05) is 71.8 Å². The van der Waals surface area contributed by atoms with Gasteiger partial charge in [-0.15, -0.1) is 0 Å². The molecule has 1 aromatic heterocycles. The van der Waals surface area contributed by atoms with E-state index in [2.05, 4.69) is 104 Å². The molecule has 1 nitrogen and oxygen atoms in total. The Hall–Kier alpha value is -3.19. The van der Waals surface area contributed by atoms with Crippen LogP contribution in [0, 0.1) is 13.8 Å². The highest BCUT2D eigenvalue weighted by atomic mass is 14.7. The van der Waals surface area contributed by atoms with Crippen molar-refractivity contribution in [1.29, 1.82) is 0 Å². The lowest BCUT2D eigenvalue weighted by Gasteiger charge is -2.09. The first-order chi connectivity index (χ1) is 14.2. The van der Waals surface area contributed by atoms with Gasteiger partial charge in [0.2, 0.25) is 0 Å². The Balaban J connectivity index is 1.52. The predicted molar refractivity (Wildman–Crippen MR) is 123 cm³/mol. The van der Waals surface area contributed by atoms with E-state index in [0.29, 0.717) is 0 Å². The summed E-state index contributed by atoms with van der Waals surface area (Å²) in [4.78, 5) is 4.62. The van der Waals surface area contributed by atoms with E-state index in [4.69, 9.17) is 0 Å². The smallest absolute Gasteiger partial charge is 0.0708 e. The number of rotatable bonds is 6. The molecular formula is C28H27N. The van der Waals surface area contributed by atoms with Gasteiger partial charge in [-0.25, -0.2) is 0 Å². The monoisotopic (exact) mass is 377 g/mol. The van der Waals surface area contributed by atoms with Crippen molar-refractivity contribution < 1.29 is 0 Å². The molecule has 0 amide bonds. The summed E-state index contributed by atoms with van der Waals surface area (Å²) in [5, 5.41) is 0. The summed E-state index contributed by atoms with van der Waals surface area (Å²) >= 11 is 0. The Kier molecular flexibility index (Phi) is 5.86. The number of pyridine rings is 1. The van der Waals surface area contributed by atoms with Gasteiger partial charge in [0, 0.05) is 11.8 Å². The van der Waals surface area contributed by atoms with Gasteiger partial charge < -0.3 is 0 Å². The molecular weight excluding hydrogens is 350 g/mol. The second-order valence-electron chi connectivity index (χ2n) is 7.85. The van der Waals surface area contributed by atoms with E-state index >= 15 is 0 Å². The van der Waals surface area contributed by atoms with Crippen LogP contribution in [0.15, 0.2) is 91.1 Å². The topological polar surface area (TPSA) is 12.9 Å². The lowest BCUT2D eigenvalue weighted by molar-refractivity contribution is 0.821. The van der Waals surface area contributed by atoms with E-state index in [1.54, 1.807) is 0 Å². The summed E-state index contributed by atoms with van der Waals surface area (Å²) in [5.74, 6) is 0. The van der Waals surface area contributed by atoms with Gasteiger partial charge in [0.15, 0.2) is 0 Å². The van der Waals surface area contributed by atoms with E-state index in [-0.39, 0.29) is 0 Å². The fourth-order valence-corrected chi connectivity index (χ4v) is 3.94. The van der Waals surface area contributed by atoms with Crippen molar-refractivity contribution in [3.05, 3.63) is 113 Å². The molecule has 1 heteroatoms. The molecule has 0 atom stereocenters. The molecule has 0 saturated heterocycles. The Morgan fingerprint density at radius 2 is 1.28 bits per heavy atom. The molecule has 0 unspecified atom stereocenters. The molecule has 1 heterocycles. The fourth-order valence-electron chi connectivity index (χ4n) is 3.94. The quantitative estimate of drug-likeness (QED) is 0.346. The van der Waals surface area contributed by atoms with Gasteiger partial charge in [-0.05, 0) is 79.6 Å². The lowest BCUT2D eigenvalue weighted by atomic mass is 9.98. The van der Waals surface area contributed by atoms with Crippen molar-refractivity contribution in [3.8, 4) is 22.4 Å². The molecule has 0 bridgehead atoms. The molecule has 0 aliphatic rings. The zero-order valence-corrected chi connectivity index (χ0v) is 17.2. The highest BCUT2D eigenvalue weighted by molar-refractivity contribution is 5.71. The van der Waals surface area contributed by atoms with E-state index < -0.39 is 0 Å². The first-order valence-corrected chi connectivity index (χ1v) is 10.4. The van der Waals surface area contributed by atoms with Crippen molar-refractivity contribution in [2.75, 3.05) is 0 Å². The summed E-state index contributed by atoms with van der Waals surface area (Å²) in [6.07, 6.45) is 5.30. The van der Waals surface area contributed by atoms with E-state index in [0.717, 1.165) is 25.0 Å². The Morgan fingerprint density at radius 3 is 2.07 bits per heavy atom. The third-order valence-corrected chi connectivity index (χ3v) is 5.31. The van der Waals surface area contributed by atoms with Crippen molar-refractivity contribution in [2.24, 2.45) is 0 Å². The molecule has 4 rings (SSSR count). The largest absolute Gasteiger partial charge is 0.256 e. The van der Waals surface area contributed by atoms with Gasteiger partial charge in [0.25, 0.3) is 0 Å². The summed E-state index contributed by atoms with van der Waals surface area (Å²) in [6, 6.07) is 30.6. The highest BCUT2D eigenvalue weighted by Crippen LogP contribution is 2.27. The van der Waals surface area contributed by atoms with Crippen molar-refractivity contribution in [2.45, 2.75) is 33.1 Å². The Labute approximate surface area is 174 Å². The molecule has 144 valence electrons. The second-order valence-corrected chi connectivity index (χ2v) is 7.85. The molecule has 0 aliphatic heterocycles. The molecule has 0 N–H and O–H groups in total. The highest BCUT2D eigenvalue weighted by Gasteiger charge is 2.05. The molecule has 4 aromatic rings. The normalized spacial score (nSPS) is 10.8. The fraction of sp³-hybridized carbons (Fsp3) is 0.179. The minimum atomic E-state index is 1.03. The number of hydrogen-bond donors (Lipinski definition) is 0. The average molecular weight is 378 g/mol. The molecule has 0 saturated carbocycles. The maximum Gasteiger partial charge on any atom is 0.0708 e. The van der Waals surface area contributed by atoms with Gasteiger partial charge in [0.05, 0.1) is 5.69 Å². The number of nitrogens with zero attached hydrogens (tertiary/aromatic N) is 1. The van der Waals surface area contributed by atoms with Crippen LogP contribution in [0.3, 0.4) is 0 Å². The van der Waals surface area contributed by atoms with Crippen LogP contribution >= 0.6 is 0 Å². The Bertz CT molecular complexity index is 1080. The zero-order chi connectivity index (χ0) is 20.1. The van der Waals surface area contributed by atoms with E-state index in [1.165, 1.54) is 38.9 Å². The van der Waals surface area contributed by atoms with Gasteiger partial charge in [0.1, 0.15) is 0 Å². The average Bonchev–Trinajstić information content (AvgIpc) is 2.74. The van der Waals surface area contributed by atoms with E-state index in [9.17, 15) is 0 Å². The summed E-state index contributed by atoms with van der Waals surface area (Å²) in [5.41, 5.74) is 10.0. The predicted octanol–water partition coefficient (Wildman–Crippen LogP) is 7.21. The number of aryl methyl sites for hydroxylation is 4. The molecule has 3 aromatic carbocycles. The third kappa shape index (κ3) is 5.00. The van der Waals surface area contributed by atoms with Crippen LogP contribution < -0.4 is 0 Å². The lowest BCUT2D eigenvalue weighted by Crippen LogP contribution is -1.91. The van der Waals surface area contributed by atoms with Crippen LogP contribution in [-0.2, 0) is 12.8 Å². The second kappa shape index (κ2) is 8.87. The van der Waals surface area contributed by atoms with Crippen LogP contribution in [0.25, 0.3) is 22.4 Å². The summed E-state index contributed by atoms with van der Waals surface area (Å²) < 4.78 is 0. The molecule has 0 aliphatic carbocycles. The van der Waals surface area contributed by atoms with Crippen molar-refractivity contribution in [1.82, 2.24) is 4.98 Å². The number of benzene rings is 3. The van der Waals surface area contributed by atoms with Crippen LogP contribution in [0.2, 0.25) is 0 Å². The van der Waals surface area contributed by atoms with Crippen molar-refractivity contribution >= 4 is 0 Å². The number of aromatic nitrogens is 1. The molecule has 0 radical (unpaired) electrons. The minimum absolute atomic E-state index is 1.03. The van der Waals surface area contributed by atoms with E-state index in [1.807, 2.05) is 6.20 Å². The van der Waals surface area contributed by atoms with Gasteiger partial charge >= 0.3 is 0 Å². The summed E-state index contributed by atoms with van der Waals surface area (Å²) in [6.45, 7) is 4.28. The van der Waals surface area contributed by atoms with Gasteiger partial charge in [-0.3, -0.25) is 4.98 Å². The minimum Gasteiger partial charge on any atom is -0.256 e. The maximum absolute atomic E-state index is 4.62. The molecule has 0 fully saturated rings. The SMILES string of the molecule is Cc1cc(C)cc(-c2cc(-c3cccc(CCCc4ccccc4)c3)ccn2)c1. The van der Waals surface area contributed by atoms with Crippen LogP contribution in [-0.4, -0.2) is 4.98 Å². The molecule has 29 heavy (non-hydrogen) atoms. The maximum atomic E-state index is 4.62. The van der Waals surface area contributed by atoms with Crippen molar-refractivity contribution in [3.63, 3.8) is 0 Å². The standard InChI is InChI=1S/C28H27N/c1-21-16-22(2)18-27(17-21)28-20-26(14-15-29-28)25-13-7-12-24(19-25)11-6-10-23-8-4-3-5-9-23/h3-5,7-9,12-20H,6,10-11H2,1-2H3. The Morgan fingerprint density at radius 1 is 0.586 bits per heavy atom. The zero-order valence-electron chi connectivity index (χ0n) is 17.2. The van der Waals surface area contributed by atoms with Crippen LogP contribution in [0.5, 0.6) is 0 Å².